The number of hydrogen-bond acceptors (Lipinski definition) is 3. The highest BCUT2D eigenvalue weighted by Crippen LogP contribution is 2.47. The van der Waals surface area contributed by atoms with Gasteiger partial charge in [0, 0.05) is 31.1 Å². The Balaban J connectivity index is 1.80. The smallest absolute Gasteiger partial charge is 0.260 e. The second kappa shape index (κ2) is 10.6. The molecule has 0 atom stereocenters. The van der Waals surface area contributed by atoms with E-state index in [2.05, 4.69) is 136 Å². The number of rotatable bonds is 2. The third-order valence-corrected chi connectivity index (χ3v) is 11.1. The van der Waals surface area contributed by atoms with Gasteiger partial charge in [-0.1, -0.05) is 106 Å². The second-order valence-electron chi connectivity index (χ2n) is 15.0. The minimum atomic E-state index is -0.107. The second-order valence-corrected chi connectivity index (χ2v) is 16.5. The number of nitrogens with zero attached hydrogens (tertiary/aromatic N) is 1. The average molecular weight is 612 g/mol. The minimum absolute atomic E-state index is 0.0788. The van der Waals surface area contributed by atoms with Crippen LogP contribution in [0.5, 0.6) is 0 Å². The van der Waals surface area contributed by atoms with Crippen molar-refractivity contribution in [2.75, 3.05) is 4.90 Å². The number of fused-ring (bicyclic) bond motifs is 4. The number of hydrogen-bond donors (Lipinski definition) is 1. The van der Waals surface area contributed by atoms with E-state index in [1.807, 2.05) is 11.3 Å². The summed E-state index contributed by atoms with van der Waals surface area (Å²) in [5, 5.41) is 1.25. The van der Waals surface area contributed by atoms with Gasteiger partial charge >= 0.3 is 0 Å². The van der Waals surface area contributed by atoms with Gasteiger partial charge in [-0.25, -0.2) is 0 Å². The lowest BCUT2D eigenvalue weighted by Crippen LogP contribution is -2.57. The van der Waals surface area contributed by atoms with Crippen LogP contribution in [0.3, 0.4) is 0 Å². The van der Waals surface area contributed by atoms with Crippen molar-refractivity contribution in [1.29, 1.82) is 0 Å². The molecule has 0 spiro atoms. The molecule has 44 heavy (non-hydrogen) atoms. The van der Waals surface area contributed by atoms with Crippen molar-refractivity contribution >= 4 is 86.8 Å². The van der Waals surface area contributed by atoms with E-state index in [-0.39, 0.29) is 17.5 Å². The third-order valence-electron chi connectivity index (χ3n) is 9.40. The maximum Gasteiger partial charge on any atom is 0.260 e. The SMILES string of the molecule is [B]c1c(S)c(C(C)(C)C)c(C)c2c3c(sc12)B(c1ccc(C)cc1C)c1c(C)cc(C)cc1N3c1ccc(C(C)(C)C)cc1. The molecule has 0 saturated heterocycles. The van der Waals surface area contributed by atoms with Gasteiger partial charge in [0.15, 0.2) is 0 Å². The van der Waals surface area contributed by atoms with E-state index in [0.717, 1.165) is 15.1 Å². The van der Waals surface area contributed by atoms with Crippen LogP contribution in [0.15, 0.2) is 59.5 Å². The molecule has 0 fully saturated rings. The monoisotopic (exact) mass is 611 g/mol. The first-order chi connectivity index (χ1) is 20.5. The van der Waals surface area contributed by atoms with Gasteiger partial charge in [-0.3, -0.25) is 0 Å². The van der Waals surface area contributed by atoms with E-state index in [4.69, 9.17) is 20.5 Å². The predicted octanol–water partition coefficient (Wildman–Crippen LogP) is 8.42. The molecule has 0 unspecified atom stereocenters. The molecule has 0 aliphatic carbocycles. The first-order valence-corrected chi connectivity index (χ1v) is 16.9. The van der Waals surface area contributed by atoms with Gasteiger partial charge in [0.05, 0.1) is 5.69 Å². The summed E-state index contributed by atoms with van der Waals surface area (Å²) < 4.78 is 2.48. The zero-order chi connectivity index (χ0) is 32.0. The summed E-state index contributed by atoms with van der Waals surface area (Å²) in [6.07, 6.45) is 0. The summed E-state index contributed by atoms with van der Waals surface area (Å²) >= 11 is 6.92. The molecule has 1 aliphatic rings. The molecule has 0 saturated carbocycles. The molecule has 2 heterocycles. The highest BCUT2D eigenvalue weighted by molar-refractivity contribution is 7.80. The van der Waals surface area contributed by atoms with Crippen molar-refractivity contribution in [1.82, 2.24) is 0 Å². The van der Waals surface area contributed by atoms with Crippen molar-refractivity contribution in [3.63, 3.8) is 0 Å². The minimum Gasteiger partial charge on any atom is -0.310 e. The summed E-state index contributed by atoms with van der Waals surface area (Å²) in [5.74, 6) is 0. The van der Waals surface area contributed by atoms with Crippen LogP contribution >= 0.6 is 24.0 Å². The van der Waals surface area contributed by atoms with Gasteiger partial charge in [0.25, 0.3) is 6.71 Å². The Morgan fingerprint density at radius 3 is 2.00 bits per heavy atom. The van der Waals surface area contributed by atoms with Crippen molar-refractivity contribution in [3.05, 3.63) is 93.5 Å². The fraction of sp³-hybridized carbons (Fsp3) is 0.333. The van der Waals surface area contributed by atoms with Crippen LogP contribution in [-0.2, 0) is 10.8 Å². The predicted molar refractivity (Wildman–Crippen MR) is 201 cm³/mol. The van der Waals surface area contributed by atoms with Gasteiger partial charge in [0.1, 0.15) is 7.85 Å². The Hall–Kier alpha value is -2.88. The summed E-state index contributed by atoms with van der Waals surface area (Å²) in [4.78, 5) is 3.45. The van der Waals surface area contributed by atoms with Crippen molar-refractivity contribution in [3.8, 4) is 0 Å². The first-order valence-electron chi connectivity index (χ1n) is 15.7. The third kappa shape index (κ3) is 4.86. The largest absolute Gasteiger partial charge is 0.310 e. The van der Waals surface area contributed by atoms with Crippen LogP contribution in [0.2, 0.25) is 0 Å². The van der Waals surface area contributed by atoms with Crippen LogP contribution in [0.25, 0.3) is 10.1 Å². The number of thiol groups is 1. The normalized spacial score (nSPS) is 13.5. The van der Waals surface area contributed by atoms with Crippen molar-refractivity contribution < 1.29 is 0 Å². The fourth-order valence-corrected chi connectivity index (χ4v) is 9.58. The Morgan fingerprint density at radius 1 is 0.773 bits per heavy atom. The summed E-state index contributed by atoms with van der Waals surface area (Å²) in [6, 6.07) is 20.9. The highest BCUT2D eigenvalue weighted by atomic mass is 32.1. The Morgan fingerprint density at radius 2 is 1.41 bits per heavy atom. The molecule has 0 bridgehead atoms. The van der Waals surface area contributed by atoms with Gasteiger partial charge in [-0.2, -0.15) is 0 Å². The van der Waals surface area contributed by atoms with E-state index in [9.17, 15) is 0 Å². The van der Waals surface area contributed by atoms with Crippen molar-refractivity contribution in [2.45, 2.75) is 91.9 Å². The lowest BCUT2D eigenvalue weighted by atomic mass is 9.36. The average Bonchev–Trinajstić information content (AvgIpc) is 3.30. The summed E-state index contributed by atoms with van der Waals surface area (Å²) in [6.45, 7) is 25.0. The number of anilines is 3. The van der Waals surface area contributed by atoms with E-state index in [0.29, 0.717) is 0 Å². The van der Waals surface area contributed by atoms with Crippen LogP contribution in [-0.4, -0.2) is 14.6 Å². The lowest BCUT2D eigenvalue weighted by molar-refractivity contribution is 0.576. The summed E-state index contributed by atoms with van der Waals surface area (Å²) in [5.41, 5.74) is 16.2. The van der Waals surface area contributed by atoms with Gasteiger partial charge in [-0.05, 0) is 91.4 Å². The maximum atomic E-state index is 7.06. The molecule has 6 rings (SSSR count). The molecule has 0 N–H and O–H groups in total. The van der Waals surface area contributed by atoms with E-state index >= 15 is 0 Å². The summed E-state index contributed by atoms with van der Waals surface area (Å²) in [7, 11) is 7.06. The molecule has 5 aromatic rings. The fourth-order valence-electron chi connectivity index (χ4n) is 7.45. The van der Waals surface area contributed by atoms with Gasteiger partial charge in [-0.15, -0.1) is 24.0 Å². The van der Waals surface area contributed by atoms with Crippen LogP contribution in [0.4, 0.5) is 17.1 Å². The van der Waals surface area contributed by atoms with Gasteiger partial charge in [0.2, 0.25) is 0 Å². The molecule has 1 aromatic heterocycles. The highest BCUT2D eigenvalue weighted by Gasteiger charge is 2.41. The number of aryl methyl sites for hydroxylation is 5. The molecular formula is C39H43B2NS2. The molecule has 5 heteroatoms. The Kier molecular flexibility index (Phi) is 7.49. The number of thiophene rings is 1. The lowest BCUT2D eigenvalue weighted by Gasteiger charge is -2.38. The zero-order valence-corrected chi connectivity index (χ0v) is 29.9. The first kappa shape index (κ1) is 31.1. The maximum absolute atomic E-state index is 7.06. The van der Waals surface area contributed by atoms with E-state index in [1.165, 1.54) is 77.1 Å². The number of benzene rings is 4. The molecule has 222 valence electrons. The van der Waals surface area contributed by atoms with Crippen LogP contribution < -0.4 is 26.1 Å². The Bertz CT molecular complexity index is 1950. The van der Waals surface area contributed by atoms with Gasteiger partial charge < -0.3 is 4.90 Å². The van der Waals surface area contributed by atoms with E-state index in [1.54, 1.807) is 0 Å². The van der Waals surface area contributed by atoms with Crippen LogP contribution in [0, 0.1) is 34.6 Å². The van der Waals surface area contributed by atoms with Crippen LogP contribution in [0.1, 0.15) is 80.5 Å². The molecule has 1 nitrogen and oxygen atoms in total. The van der Waals surface area contributed by atoms with Crippen molar-refractivity contribution in [2.24, 2.45) is 0 Å². The molecule has 4 aromatic carbocycles. The molecule has 1 aliphatic heterocycles. The molecule has 2 radical (unpaired) electrons. The molecule has 0 amide bonds. The topological polar surface area (TPSA) is 3.24 Å². The zero-order valence-electron chi connectivity index (χ0n) is 28.2. The van der Waals surface area contributed by atoms with E-state index < -0.39 is 0 Å². The standard InChI is InChI=1S/C39H43B2NS2/c1-21-12-17-28(23(3)18-21)41-33-24(4)19-22(2)20-29(33)42(27-15-13-26(14-16-27)38(6,7)8)34-30-25(5)31(39(9,10)11)35(43)32(40)36(30)44-37(34)41/h12-20,43H,1-11H3. The quantitative estimate of drug-likeness (QED) is 0.152. The molecular weight excluding hydrogens is 568 g/mol. The Labute approximate surface area is 276 Å².